The molecule has 1 saturated carbocycles. The number of hydrogen-bond donors (Lipinski definition) is 2. The average Bonchev–Trinajstić information content (AvgIpc) is 3.15. The summed E-state index contributed by atoms with van der Waals surface area (Å²) in [4.78, 5) is 38.8. The molecule has 140 valence electrons. The highest BCUT2D eigenvalue weighted by Gasteiger charge is 2.30. The van der Waals surface area contributed by atoms with Crippen LogP contribution in [0.4, 0.5) is 5.82 Å². The van der Waals surface area contributed by atoms with Crippen LogP contribution in [0.1, 0.15) is 29.2 Å². The summed E-state index contributed by atoms with van der Waals surface area (Å²) in [7, 11) is 1.75. The molecule has 3 heterocycles. The Hall–Kier alpha value is -3.08. The lowest BCUT2D eigenvalue weighted by Crippen LogP contribution is -2.36. The molecule has 3 N–H and O–H groups in total. The van der Waals surface area contributed by atoms with Crippen LogP contribution in [-0.2, 0) is 7.05 Å². The SMILES string of the molecule is Cn1c(SCC(=O)c2c(N)n(C3CC3)c(=O)[nH]c2=O)nnc1-c1ccco1. The third-order valence-electron chi connectivity index (χ3n) is 4.28. The van der Waals surface area contributed by atoms with E-state index < -0.39 is 17.0 Å². The van der Waals surface area contributed by atoms with E-state index in [2.05, 4.69) is 15.2 Å². The summed E-state index contributed by atoms with van der Waals surface area (Å²) in [6, 6.07) is 3.44. The molecule has 4 rings (SSSR count). The highest BCUT2D eigenvalue weighted by molar-refractivity contribution is 7.99. The van der Waals surface area contributed by atoms with Crippen molar-refractivity contribution >= 4 is 23.4 Å². The second-order valence-electron chi connectivity index (χ2n) is 6.18. The predicted molar refractivity (Wildman–Crippen MR) is 97.8 cm³/mol. The van der Waals surface area contributed by atoms with Gasteiger partial charge >= 0.3 is 5.69 Å². The van der Waals surface area contributed by atoms with Crippen LogP contribution in [0.15, 0.2) is 37.6 Å². The molecule has 0 unspecified atom stereocenters. The number of furan rings is 1. The number of nitrogens with one attached hydrogen (secondary N) is 1. The van der Waals surface area contributed by atoms with E-state index in [1.54, 1.807) is 23.7 Å². The summed E-state index contributed by atoms with van der Waals surface area (Å²) in [6.45, 7) is 0. The van der Waals surface area contributed by atoms with E-state index in [1.807, 2.05) is 0 Å². The lowest BCUT2D eigenvalue weighted by molar-refractivity contribution is 0.102. The first-order chi connectivity index (χ1) is 13.0. The highest BCUT2D eigenvalue weighted by Crippen LogP contribution is 2.35. The van der Waals surface area contributed by atoms with Gasteiger partial charge in [-0.3, -0.25) is 19.1 Å². The number of nitrogen functional groups attached to an aromatic ring is 1. The first-order valence-electron chi connectivity index (χ1n) is 8.21. The van der Waals surface area contributed by atoms with Gasteiger partial charge in [-0.25, -0.2) is 4.79 Å². The van der Waals surface area contributed by atoms with Gasteiger partial charge in [-0.2, -0.15) is 0 Å². The Balaban J connectivity index is 1.57. The lowest BCUT2D eigenvalue weighted by Gasteiger charge is -2.10. The van der Waals surface area contributed by atoms with Crippen molar-refractivity contribution in [3.05, 3.63) is 44.8 Å². The quantitative estimate of drug-likeness (QED) is 0.467. The van der Waals surface area contributed by atoms with Crippen molar-refractivity contribution in [2.45, 2.75) is 24.0 Å². The number of nitrogens with two attached hydrogens (primary N) is 1. The molecule has 1 aliphatic rings. The molecule has 27 heavy (non-hydrogen) atoms. The Bertz CT molecular complexity index is 1120. The van der Waals surface area contributed by atoms with Crippen LogP contribution in [0, 0.1) is 0 Å². The predicted octanol–water partition coefficient (Wildman–Crippen LogP) is 0.817. The van der Waals surface area contributed by atoms with Crippen LogP contribution in [0.25, 0.3) is 11.6 Å². The van der Waals surface area contributed by atoms with Crippen molar-refractivity contribution in [2.24, 2.45) is 7.05 Å². The zero-order valence-corrected chi connectivity index (χ0v) is 15.2. The fraction of sp³-hybridized carbons (Fsp3) is 0.312. The summed E-state index contributed by atoms with van der Waals surface area (Å²) >= 11 is 1.12. The van der Waals surface area contributed by atoms with Crippen molar-refractivity contribution in [2.75, 3.05) is 11.5 Å². The standard InChI is InChI=1S/C16H16N6O4S/c1-21-13(10-3-2-6-26-10)19-20-16(21)27-7-9(23)11-12(17)22(8-4-5-8)15(25)18-14(11)24/h2-3,6,8H,4-5,7,17H2,1H3,(H,18,24,25). The molecule has 0 aliphatic heterocycles. The van der Waals surface area contributed by atoms with Gasteiger partial charge in [0.25, 0.3) is 5.56 Å². The molecule has 0 radical (unpaired) electrons. The molecule has 0 aromatic carbocycles. The Morgan fingerprint density at radius 3 is 2.85 bits per heavy atom. The Morgan fingerprint density at radius 2 is 2.19 bits per heavy atom. The van der Waals surface area contributed by atoms with Gasteiger partial charge in [-0.1, -0.05) is 11.8 Å². The van der Waals surface area contributed by atoms with Gasteiger partial charge in [-0.05, 0) is 25.0 Å². The molecule has 0 amide bonds. The number of rotatable bonds is 6. The van der Waals surface area contributed by atoms with Crippen LogP contribution in [0.3, 0.4) is 0 Å². The van der Waals surface area contributed by atoms with E-state index in [0.29, 0.717) is 16.7 Å². The maximum atomic E-state index is 12.6. The Labute approximate surface area is 156 Å². The molecule has 0 spiro atoms. The number of hydrogen-bond acceptors (Lipinski definition) is 8. The molecular weight excluding hydrogens is 372 g/mol. The molecule has 1 fully saturated rings. The van der Waals surface area contributed by atoms with Gasteiger partial charge in [0.2, 0.25) is 0 Å². The summed E-state index contributed by atoms with van der Waals surface area (Å²) in [5.74, 6) is 0.456. The van der Waals surface area contributed by atoms with Gasteiger partial charge < -0.3 is 14.7 Å². The normalized spacial score (nSPS) is 13.8. The number of thioether (sulfide) groups is 1. The molecule has 11 heteroatoms. The van der Waals surface area contributed by atoms with Crippen molar-refractivity contribution in [3.8, 4) is 11.6 Å². The molecule has 0 atom stereocenters. The van der Waals surface area contributed by atoms with E-state index >= 15 is 0 Å². The number of aromatic nitrogens is 5. The average molecular weight is 388 g/mol. The van der Waals surface area contributed by atoms with Gasteiger partial charge in [-0.15, -0.1) is 10.2 Å². The number of nitrogens with zero attached hydrogens (tertiary/aromatic N) is 4. The van der Waals surface area contributed by atoms with Gasteiger partial charge in [0.1, 0.15) is 11.4 Å². The van der Waals surface area contributed by atoms with E-state index in [9.17, 15) is 14.4 Å². The summed E-state index contributed by atoms with van der Waals surface area (Å²) in [5, 5.41) is 8.58. The molecule has 0 saturated heterocycles. The first kappa shape index (κ1) is 17.3. The fourth-order valence-electron chi connectivity index (χ4n) is 2.79. The van der Waals surface area contributed by atoms with Gasteiger partial charge in [0.15, 0.2) is 22.5 Å². The van der Waals surface area contributed by atoms with E-state index in [-0.39, 0.29) is 23.2 Å². The van der Waals surface area contributed by atoms with Crippen LogP contribution in [-0.4, -0.2) is 35.9 Å². The van der Waals surface area contributed by atoms with Crippen LogP contribution >= 0.6 is 11.8 Å². The first-order valence-corrected chi connectivity index (χ1v) is 9.19. The maximum Gasteiger partial charge on any atom is 0.330 e. The number of anilines is 1. The van der Waals surface area contributed by atoms with Gasteiger partial charge in [0, 0.05) is 13.1 Å². The summed E-state index contributed by atoms with van der Waals surface area (Å²) in [5.41, 5.74) is 4.42. The number of carbonyl (C=O) groups excluding carboxylic acids is 1. The van der Waals surface area contributed by atoms with Crippen molar-refractivity contribution < 1.29 is 9.21 Å². The van der Waals surface area contributed by atoms with Crippen LogP contribution in [0.5, 0.6) is 0 Å². The van der Waals surface area contributed by atoms with E-state index in [0.717, 1.165) is 24.6 Å². The fourth-order valence-corrected chi connectivity index (χ4v) is 3.58. The highest BCUT2D eigenvalue weighted by atomic mass is 32.2. The monoisotopic (exact) mass is 388 g/mol. The van der Waals surface area contributed by atoms with Crippen molar-refractivity contribution in [1.82, 2.24) is 24.3 Å². The van der Waals surface area contributed by atoms with Gasteiger partial charge in [0.05, 0.1) is 12.0 Å². The van der Waals surface area contributed by atoms with E-state index in [1.165, 1.54) is 10.8 Å². The number of aromatic amines is 1. The summed E-state index contributed by atoms with van der Waals surface area (Å²) < 4.78 is 8.28. The number of Topliss-reactive ketones (excluding diaryl/α,β-unsaturated/α-hetero) is 1. The number of carbonyl (C=O) groups is 1. The lowest BCUT2D eigenvalue weighted by atomic mass is 10.2. The molecule has 0 bridgehead atoms. The second-order valence-corrected chi connectivity index (χ2v) is 7.12. The molecular formula is C16H16N6O4S. The molecule has 3 aromatic rings. The molecule has 3 aromatic heterocycles. The maximum absolute atomic E-state index is 12.6. The van der Waals surface area contributed by atoms with Crippen molar-refractivity contribution in [1.29, 1.82) is 0 Å². The molecule has 1 aliphatic carbocycles. The topological polar surface area (TPSA) is 142 Å². The minimum Gasteiger partial charge on any atom is -0.461 e. The summed E-state index contributed by atoms with van der Waals surface area (Å²) in [6.07, 6.45) is 3.13. The smallest absolute Gasteiger partial charge is 0.330 e. The third-order valence-corrected chi connectivity index (χ3v) is 5.30. The molecule has 10 nitrogen and oxygen atoms in total. The largest absolute Gasteiger partial charge is 0.461 e. The minimum atomic E-state index is -0.769. The minimum absolute atomic E-state index is 0.0526. The zero-order chi connectivity index (χ0) is 19.1. The number of ketones is 1. The third kappa shape index (κ3) is 3.10. The zero-order valence-electron chi connectivity index (χ0n) is 14.3. The van der Waals surface area contributed by atoms with Crippen molar-refractivity contribution in [3.63, 3.8) is 0 Å². The Morgan fingerprint density at radius 1 is 1.41 bits per heavy atom. The number of H-pyrrole nitrogens is 1. The Kier molecular flexibility index (Phi) is 4.22. The van der Waals surface area contributed by atoms with E-state index in [4.69, 9.17) is 10.2 Å². The van der Waals surface area contributed by atoms with Crippen LogP contribution < -0.4 is 17.0 Å². The van der Waals surface area contributed by atoms with Crippen LogP contribution in [0.2, 0.25) is 0 Å². The second kappa shape index (κ2) is 6.58.